The van der Waals surface area contributed by atoms with E-state index in [1.807, 2.05) is 30.3 Å². The number of alkyl halides is 3. The Morgan fingerprint density at radius 3 is 2.66 bits per heavy atom. The van der Waals surface area contributed by atoms with Gasteiger partial charge in [-0.2, -0.15) is 13.2 Å². The van der Waals surface area contributed by atoms with E-state index in [4.69, 9.17) is 4.42 Å². The lowest BCUT2D eigenvalue weighted by Gasteiger charge is -2.05. The maximum absolute atomic E-state index is 12.7. The number of nitrogens with zero attached hydrogens (tertiary/aromatic N) is 1. The summed E-state index contributed by atoms with van der Waals surface area (Å²) in [5.41, 5.74) is 0.386. The number of aromatic nitrogens is 1. The highest BCUT2D eigenvalue weighted by Crippen LogP contribution is 2.29. The molecule has 7 heteroatoms. The number of benzene rings is 2. The summed E-state index contributed by atoms with van der Waals surface area (Å²) in [4.78, 5) is 16.1. The lowest BCUT2D eigenvalue weighted by molar-refractivity contribution is -0.137. The molecule has 0 unspecified atom stereocenters. The number of halogens is 3. The van der Waals surface area contributed by atoms with Gasteiger partial charge in [-0.3, -0.25) is 4.79 Å². The predicted molar refractivity (Wildman–Crippen MR) is 102 cm³/mol. The number of rotatable bonds is 5. The van der Waals surface area contributed by atoms with Gasteiger partial charge in [0.05, 0.1) is 18.3 Å². The normalized spacial score (nSPS) is 10.9. The summed E-state index contributed by atoms with van der Waals surface area (Å²) in [5.74, 6) is 6.10. The molecule has 0 saturated carbocycles. The van der Waals surface area contributed by atoms with Crippen molar-refractivity contribution in [1.29, 1.82) is 0 Å². The van der Waals surface area contributed by atoms with Crippen LogP contribution in [0.2, 0.25) is 0 Å². The predicted octanol–water partition coefficient (Wildman–Crippen LogP) is 4.46. The Balaban J connectivity index is 1.46. The summed E-state index contributed by atoms with van der Waals surface area (Å²) in [6, 6.07) is 14.2. The molecule has 0 fully saturated rings. The van der Waals surface area contributed by atoms with Crippen molar-refractivity contribution in [2.45, 2.75) is 19.0 Å². The van der Waals surface area contributed by atoms with Gasteiger partial charge in [0.2, 0.25) is 5.91 Å². The maximum Gasteiger partial charge on any atom is 0.416 e. The molecule has 0 radical (unpaired) electrons. The Morgan fingerprint density at radius 2 is 1.90 bits per heavy atom. The molecule has 0 spiro atoms. The van der Waals surface area contributed by atoms with E-state index in [0.717, 1.165) is 17.7 Å². The van der Waals surface area contributed by atoms with Gasteiger partial charge in [0.1, 0.15) is 0 Å². The first-order valence-electron chi connectivity index (χ1n) is 8.85. The van der Waals surface area contributed by atoms with Gasteiger partial charge in [-0.1, -0.05) is 48.2 Å². The minimum absolute atomic E-state index is 0.0376. The minimum atomic E-state index is -4.41. The second kappa shape index (κ2) is 9.11. The number of hydrogen-bond acceptors (Lipinski definition) is 3. The Kier molecular flexibility index (Phi) is 6.35. The van der Waals surface area contributed by atoms with Crippen molar-refractivity contribution in [3.05, 3.63) is 77.8 Å². The first-order valence-corrected chi connectivity index (χ1v) is 8.85. The fourth-order valence-electron chi connectivity index (χ4n) is 2.53. The van der Waals surface area contributed by atoms with Crippen LogP contribution in [-0.4, -0.2) is 17.4 Å². The number of aryl methyl sites for hydroxylation is 1. The van der Waals surface area contributed by atoms with E-state index in [2.05, 4.69) is 22.1 Å². The fraction of sp³-hybridized carbons (Fsp3) is 0.182. The Hall–Kier alpha value is -3.53. The van der Waals surface area contributed by atoms with Crippen LogP contribution in [0.15, 0.2) is 65.2 Å². The van der Waals surface area contributed by atoms with Crippen LogP contribution in [0.25, 0.3) is 11.3 Å². The summed E-state index contributed by atoms with van der Waals surface area (Å²) >= 11 is 0. The van der Waals surface area contributed by atoms with Gasteiger partial charge in [-0.15, -0.1) is 0 Å². The average Bonchev–Trinajstić information content (AvgIpc) is 3.19. The number of nitrogens with one attached hydrogen (secondary N) is 1. The van der Waals surface area contributed by atoms with Crippen molar-refractivity contribution in [3.63, 3.8) is 0 Å². The van der Waals surface area contributed by atoms with Crippen LogP contribution in [0.5, 0.6) is 0 Å². The Labute approximate surface area is 165 Å². The molecule has 0 aliphatic rings. The van der Waals surface area contributed by atoms with E-state index < -0.39 is 11.7 Å². The van der Waals surface area contributed by atoms with Crippen molar-refractivity contribution in [1.82, 2.24) is 10.3 Å². The molecule has 4 nitrogen and oxygen atoms in total. The highest BCUT2D eigenvalue weighted by molar-refractivity contribution is 5.76. The van der Waals surface area contributed by atoms with E-state index in [9.17, 15) is 18.0 Å². The summed E-state index contributed by atoms with van der Waals surface area (Å²) < 4.78 is 43.6. The van der Waals surface area contributed by atoms with E-state index in [0.29, 0.717) is 18.1 Å². The van der Waals surface area contributed by atoms with Gasteiger partial charge in [-0.25, -0.2) is 4.98 Å². The highest BCUT2D eigenvalue weighted by Gasteiger charge is 2.30. The third kappa shape index (κ3) is 5.98. The molecule has 3 rings (SSSR count). The second-order valence-corrected chi connectivity index (χ2v) is 6.14. The van der Waals surface area contributed by atoms with E-state index in [-0.39, 0.29) is 24.4 Å². The largest absolute Gasteiger partial charge is 0.441 e. The highest BCUT2D eigenvalue weighted by atomic mass is 19.4. The smallest absolute Gasteiger partial charge is 0.416 e. The molecular weight excluding hydrogens is 381 g/mol. The van der Waals surface area contributed by atoms with Gasteiger partial charge in [-0.05, 0) is 18.2 Å². The summed E-state index contributed by atoms with van der Waals surface area (Å²) in [6.07, 6.45) is -2.30. The number of carbonyl (C=O) groups is 1. The van der Waals surface area contributed by atoms with Crippen molar-refractivity contribution in [3.8, 4) is 23.2 Å². The molecule has 29 heavy (non-hydrogen) atoms. The number of hydrogen-bond donors (Lipinski definition) is 1. The molecule has 3 aromatic rings. The quantitative estimate of drug-likeness (QED) is 0.646. The molecule has 0 aliphatic heterocycles. The standard InChI is InChI=1S/C22H17F3N2O2/c23-22(24,25)18-10-4-6-16(14-18)7-5-13-26-20(28)11-12-21-27-15-19(29-21)17-8-2-1-3-9-17/h1-4,6,8-10,14-15H,11-13H2,(H,26,28). The lowest BCUT2D eigenvalue weighted by atomic mass is 10.1. The zero-order valence-electron chi connectivity index (χ0n) is 15.3. The third-order valence-electron chi connectivity index (χ3n) is 3.97. The average molecular weight is 398 g/mol. The molecule has 1 heterocycles. The molecular formula is C22H17F3N2O2. The number of carbonyl (C=O) groups excluding carboxylic acids is 1. The molecule has 1 amide bonds. The third-order valence-corrected chi connectivity index (χ3v) is 3.97. The van der Waals surface area contributed by atoms with Crippen LogP contribution < -0.4 is 5.32 Å². The minimum Gasteiger partial charge on any atom is -0.441 e. The molecule has 0 atom stereocenters. The maximum atomic E-state index is 12.7. The zero-order valence-corrected chi connectivity index (χ0v) is 15.3. The number of oxazole rings is 1. The van der Waals surface area contributed by atoms with E-state index in [1.165, 1.54) is 12.1 Å². The molecule has 1 aromatic heterocycles. The first kappa shape index (κ1) is 20.2. The van der Waals surface area contributed by atoms with Gasteiger partial charge in [0.15, 0.2) is 11.7 Å². The lowest BCUT2D eigenvalue weighted by Crippen LogP contribution is -2.23. The summed E-state index contributed by atoms with van der Waals surface area (Å²) in [5, 5.41) is 2.60. The zero-order chi connectivity index (χ0) is 20.7. The molecule has 2 aromatic carbocycles. The molecule has 0 bridgehead atoms. The van der Waals surface area contributed by atoms with Crippen LogP contribution in [0.1, 0.15) is 23.4 Å². The van der Waals surface area contributed by atoms with Gasteiger partial charge in [0.25, 0.3) is 0 Å². The van der Waals surface area contributed by atoms with Gasteiger partial charge >= 0.3 is 6.18 Å². The van der Waals surface area contributed by atoms with Crippen LogP contribution in [0, 0.1) is 11.8 Å². The topological polar surface area (TPSA) is 55.1 Å². The molecule has 0 aliphatic carbocycles. The van der Waals surface area contributed by atoms with Crippen LogP contribution >= 0.6 is 0 Å². The van der Waals surface area contributed by atoms with Crippen molar-refractivity contribution in [2.75, 3.05) is 6.54 Å². The molecule has 1 N–H and O–H groups in total. The van der Waals surface area contributed by atoms with Crippen LogP contribution in [0.3, 0.4) is 0 Å². The fourth-order valence-corrected chi connectivity index (χ4v) is 2.53. The SMILES string of the molecule is O=C(CCc1ncc(-c2ccccc2)o1)NCC#Cc1cccc(C(F)(F)F)c1. The first-order chi connectivity index (χ1) is 13.9. The Bertz CT molecular complexity index is 1030. The van der Waals surface area contributed by atoms with Crippen molar-refractivity contribution < 1.29 is 22.4 Å². The summed E-state index contributed by atoms with van der Waals surface area (Å²) in [7, 11) is 0. The van der Waals surface area contributed by atoms with Crippen molar-refractivity contribution >= 4 is 5.91 Å². The Morgan fingerprint density at radius 1 is 1.10 bits per heavy atom. The van der Waals surface area contributed by atoms with Crippen molar-refractivity contribution in [2.24, 2.45) is 0 Å². The van der Waals surface area contributed by atoms with E-state index >= 15 is 0 Å². The number of amides is 1. The second-order valence-electron chi connectivity index (χ2n) is 6.14. The van der Waals surface area contributed by atoms with Crippen LogP contribution in [0.4, 0.5) is 13.2 Å². The van der Waals surface area contributed by atoms with Gasteiger partial charge in [0, 0.05) is 24.0 Å². The molecule has 148 valence electrons. The van der Waals surface area contributed by atoms with Gasteiger partial charge < -0.3 is 9.73 Å². The monoisotopic (exact) mass is 398 g/mol. The van der Waals surface area contributed by atoms with Crippen LogP contribution in [-0.2, 0) is 17.4 Å². The summed E-state index contributed by atoms with van der Waals surface area (Å²) in [6.45, 7) is 0.0376. The molecule has 0 saturated heterocycles. The van der Waals surface area contributed by atoms with E-state index in [1.54, 1.807) is 6.20 Å².